The summed E-state index contributed by atoms with van der Waals surface area (Å²) < 4.78 is 59.2. The Labute approximate surface area is 252 Å². The molecule has 3 fully saturated rings. The van der Waals surface area contributed by atoms with Crippen molar-refractivity contribution in [3.63, 3.8) is 0 Å². The monoisotopic (exact) mass is 606 g/mol. The van der Waals surface area contributed by atoms with Gasteiger partial charge in [0.2, 0.25) is 5.88 Å². The summed E-state index contributed by atoms with van der Waals surface area (Å²) >= 11 is 0. The second-order valence-corrected chi connectivity index (χ2v) is 12.3. The third kappa shape index (κ3) is 4.49. The maximum absolute atomic E-state index is 16.8. The van der Waals surface area contributed by atoms with Crippen molar-refractivity contribution in [3.05, 3.63) is 42.0 Å². The first-order valence-corrected chi connectivity index (χ1v) is 15.4. The van der Waals surface area contributed by atoms with Gasteiger partial charge in [-0.05, 0) is 49.3 Å². The Hall–Kier alpha value is -3.90. The molecule has 230 valence electrons. The number of hydrogen-bond acceptors (Lipinski definition) is 9. The average Bonchev–Trinajstić information content (AvgIpc) is 3.15. The third-order valence-electron chi connectivity index (χ3n) is 9.56. The number of rotatable bonds is 4. The van der Waals surface area contributed by atoms with Gasteiger partial charge in [0.05, 0.1) is 6.04 Å². The highest BCUT2D eigenvalue weighted by molar-refractivity contribution is 6.02. The quantitative estimate of drug-likeness (QED) is 0.335. The number of aromatic hydroxyl groups is 1. The smallest absolute Gasteiger partial charge is 0.320 e. The second kappa shape index (κ2) is 10.6. The van der Waals surface area contributed by atoms with Crippen LogP contribution in [0.1, 0.15) is 32.6 Å². The van der Waals surface area contributed by atoms with Gasteiger partial charge in [-0.1, -0.05) is 19.1 Å². The lowest BCUT2D eigenvalue weighted by Gasteiger charge is -2.45. The van der Waals surface area contributed by atoms with Gasteiger partial charge in [-0.15, -0.1) is 0 Å². The Morgan fingerprint density at radius 2 is 2.02 bits per heavy atom. The summed E-state index contributed by atoms with van der Waals surface area (Å²) in [5, 5.41) is 14.9. The van der Waals surface area contributed by atoms with E-state index in [1.807, 2.05) is 4.90 Å². The van der Waals surface area contributed by atoms with Crippen molar-refractivity contribution in [3.8, 4) is 28.9 Å². The van der Waals surface area contributed by atoms with Crippen LogP contribution in [0.4, 0.5) is 19.0 Å². The van der Waals surface area contributed by atoms with Crippen molar-refractivity contribution >= 4 is 27.5 Å². The van der Waals surface area contributed by atoms with Crippen LogP contribution in [0.2, 0.25) is 0 Å². The fourth-order valence-electron chi connectivity index (χ4n) is 7.41. The number of halogens is 3. The molecule has 0 spiro atoms. The summed E-state index contributed by atoms with van der Waals surface area (Å²) in [7, 11) is 0. The molecule has 44 heavy (non-hydrogen) atoms. The van der Waals surface area contributed by atoms with Crippen LogP contribution in [0.25, 0.3) is 32.9 Å². The fraction of sp³-hybridized carbons (Fsp3) is 0.469. The highest BCUT2D eigenvalue weighted by Gasteiger charge is 2.42. The number of ether oxygens (including phenoxy) is 2. The number of phenols is 1. The summed E-state index contributed by atoms with van der Waals surface area (Å²) in [5.74, 6) is -0.962. The number of phenolic OH excluding ortho intramolecular Hbond substituents is 1. The highest BCUT2D eigenvalue weighted by atomic mass is 19.1. The van der Waals surface area contributed by atoms with Crippen molar-refractivity contribution in [2.45, 2.75) is 57.1 Å². The van der Waals surface area contributed by atoms with Gasteiger partial charge >= 0.3 is 6.01 Å². The Bertz CT molecular complexity index is 1760. The largest absolute Gasteiger partial charge is 0.508 e. The highest BCUT2D eigenvalue weighted by Crippen LogP contribution is 2.44. The number of piperazine rings is 1. The van der Waals surface area contributed by atoms with E-state index in [-0.39, 0.29) is 71.0 Å². The molecule has 4 aliphatic rings. The molecular weight excluding hydrogens is 573 g/mol. The van der Waals surface area contributed by atoms with Gasteiger partial charge in [0.25, 0.3) is 0 Å². The van der Waals surface area contributed by atoms with Gasteiger partial charge in [0.15, 0.2) is 12.0 Å². The van der Waals surface area contributed by atoms with E-state index in [2.05, 4.69) is 27.1 Å². The molecule has 2 aromatic heterocycles. The molecule has 2 unspecified atom stereocenters. The summed E-state index contributed by atoms with van der Waals surface area (Å²) in [6, 6.07) is 7.24. The molecular formula is C32H33F3N6O3. The molecule has 0 saturated carbocycles. The minimum Gasteiger partial charge on any atom is -0.508 e. The first-order chi connectivity index (χ1) is 21.4. The molecule has 4 aromatic rings. The lowest BCUT2D eigenvalue weighted by atomic mass is 9.86. The van der Waals surface area contributed by atoms with Crippen LogP contribution in [-0.4, -0.2) is 82.2 Å². The molecule has 2 bridgehead atoms. The predicted octanol–water partition coefficient (Wildman–Crippen LogP) is 4.94. The van der Waals surface area contributed by atoms with E-state index in [0.29, 0.717) is 42.6 Å². The minimum atomic E-state index is -0.918. The van der Waals surface area contributed by atoms with Crippen LogP contribution < -0.4 is 19.7 Å². The fourth-order valence-corrected chi connectivity index (χ4v) is 7.41. The van der Waals surface area contributed by atoms with Gasteiger partial charge in [-0.3, -0.25) is 4.90 Å². The van der Waals surface area contributed by atoms with E-state index in [1.165, 1.54) is 24.3 Å². The number of anilines is 1. The lowest BCUT2D eigenvalue weighted by Crippen LogP contribution is -2.58. The van der Waals surface area contributed by atoms with E-state index < -0.39 is 24.0 Å². The first-order valence-electron chi connectivity index (χ1n) is 15.4. The van der Waals surface area contributed by atoms with Crippen molar-refractivity contribution < 1.29 is 27.8 Å². The molecule has 6 heterocycles. The molecule has 2 N–H and O–H groups in total. The van der Waals surface area contributed by atoms with E-state index in [9.17, 15) is 9.50 Å². The van der Waals surface area contributed by atoms with Crippen LogP contribution >= 0.6 is 0 Å². The van der Waals surface area contributed by atoms with Crippen LogP contribution in [0, 0.1) is 17.6 Å². The van der Waals surface area contributed by atoms with Crippen molar-refractivity contribution in [2.75, 3.05) is 37.7 Å². The maximum Gasteiger partial charge on any atom is 0.320 e. The molecule has 0 radical (unpaired) electrons. The summed E-state index contributed by atoms with van der Waals surface area (Å²) in [6.45, 7) is 4.58. The molecule has 8 rings (SSSR count). The number of nitrogens with one attached hydrogen (secondary N) is 1. The number of pyridine rings is 1. The number of piperidine rings is 2. The van der Waals surface area contributed by atoms with Gasteiger partial charge in [-0.2, -0.15) is 9.97 Å². The number of aromatic nitrogens is 3. The molecule has 9 nitrogen and oxygen atoms in total. The van der Waals surface area contributed by atoms with Crippen molar-refractivity contribution in [2.24, 2.45) is 5.92 Å². The molecule has 2 aromatic carbocycles. The molecule has 0 aliphatic carbocycles. The minimum absolute atomic E-state index is 0.00659. The SMILES string of the molecule is CC[C@@H]1CN2c3nc(OC4[C@@H]5CCCN4C[C@H](F)C5)nc4c(F)c(-c5cc(O)cc6cccc(F)c56)nc(c34)OC[C@@H]2CN1. The normalized spacial score (nSPS) is 28.0. The van der Waals surface area contributed by atoms with Crippen LogP contribution in [0.5, 0.6) is 17.6 Å². The molecule has 6 atom stereocenters. The molecule has 0 amide bonds. The van der Waals surface area contributed by atoms with Crippen LogP contribution in [0.3, 0.4) is 0 Å². The number of hydrogen-bond donors (Lipinski definition) is 2. The standard InChI is InChI=1S/C32H33F3N6O3/c1-2-19-14-41-20(12-36-19)15-43-30-25-28(26(35)27(37-30)22-11-21(42)10-16-5-3-7-23(34)24(16)22)38-32(39-29(25)41)44-31-17-6-4-8-40(31)13-18(33)9-17/h3,5,7,10-11,17-20,31,36,42H,2,4,6,8-9,12-15H2,1H3/t17-,18-,19-,20+,31?/m1/s1. The van der Waals surface area contributed by atoms with Crippen LogP contribution in [-0.2, 0) is 0 Å². The summed E-state index contributed by atoms with van der Waals surface area (Å²) in [4.78, 5) is 18.2. The third-order valence-corrected chi connectivity index (χ3v) is 9.56. The van der Waals surface area contributed by atoms with Gasteiger partial charge in [-0.25, -0.2) is 18.2 Å². The van der Waals surface area contributed by atoms with Gasteiger partial charge in [0.1, 0.15) is 46.8 Å². The van der Waals surface area contributed by atoms with Gasteiger partial charge < -0.3 is 24.8 Å². The average molecular weight is 607 g/mol. The van der Waals surface area contributed by atoms with Crippen molar-refractivity contribution in [1.29, 1.82) is 0 Å². The van der Waals surface area contributed by atoms with Crippen molar-refractivity contribution in [1.82, 2.24) is 25.2 Å². The maximum atomic E-state index is 16.8. The number of fused-ring (bicyclic) bond motifs is 5. The second-order valence-electron chi connectivity index (χ2n) is 12.3. The van der Waals surface area contributed by atoms with E-state index in [4.69, 9.17) is 14.5 Å². The van der Waals surface area contributed by atoms with E-state index >= 15 is 8.78 Å². The Morgan fingerprint density at radius 1 is 1.14 bits per heavy atom. The topological polar surface area (TPSA) is 95.9 Å². The Morgan fingerprint density at radius 3 is 2.86 bits per heavy atom. The Kier molecular flexibility index (Phi) is 6.67. The summed E-state index contributed by atoms with van der Waals surface area (Å²) in [5.41, 5.74) is -0.182. The van der Waals surface area contributed by atoms with E-state index in [0.717, 1.165) is 19.3 Å². The molecule has 4 aliphatic heterocycles. The zero-order valence-corrected chi connectivity index (χ0v) is 24.3. The summed E-state index contributed by atoms with van der Waals surface area (Å²) in [6.07, 6.45) is 1.74. The lowest BCUT2D eigenvalue weighted by molar-refractivity contribution is -0.0989. The zero-order valence-electron chi connectivity index (χ0n) is 24.3. The molecule has 3 saturated heterocycles. The Balaban J connectivity index is 1.34. The number of benzene rings is 2. The number of nitrogens with zero attached hydrogens (tertiary/aromatic N) is 5. The molecule has 12 heteroatoms. The zero-order chi connectivity index (χ0) is 30.1. The van der Waals surface area contributed by atoms with E-state index in [1.54, 1.807) is 6.07 Å². The number of alkyl halides is 1. The van der Waals surface area contributed by atoms with Gasteiger partial charge in [0, 0.05) is 49.1 Å². The predicted molar refractivity (Wildman–Crippen MR) is 159 cm³/mol. The van der Waals surface area contributed by atoms with Crippen LogP contribution in [0.15, 0.2) is 30.3 Å². The first kappa shape index (κ1) is 27.6.